The number of nitriles is 1. The van der Waals surface area contributed by atoms with Crippen molar-refractivity contribution in [3.8, 4) is 6.07 Å². The number of aromatic nitrogens is 3. The summed E-state index contributed by atoms with van der Waals surface area (Å²) in [6.45, 7) is 4.39. The number of aryl methyl sites for hydroxylation is 2. The molecule has 4 aromatic rings. The smallest absolute Gasteiger partial charge is 0.329 e. The van der Waals surface area contributed by atoms with Crippen LogP contribution in [-0.4, -0.2) is 24.8 Å². The molecule has 0 fully saturated rings. The second-order valence-corrected chi connectivity index (χ2v) is 8.33. The first kappa shape index (κ1) is 21.4. The first-order chi connectivity index (χ1) is 15.3. The van der Waals surface area contributed by atoms with Crippen molar-refractivity contribution in [1.82, 2.24) is 13.7 Å². The van der Waals surface area contributed by atoms with Crippen molar-refractivity contribution in [2.75, 3.05) is 0 Å². The van der Waals surface area contributed by atoms with E-state index < -0.39 is 12.0 Å². The number of hydrogen-bond donors (Lipinski definition) is 1. The highest BCUT2D eigenvalue weighted by Gasteiger charge is 2.23. The number of imidazole rings is 1. The second-order valence-electron chi connectivity index (χ2n) is 8.33. The molecule has 7 nitrogen and oxygen atoms in total. The zero-order chi connectivity index (χ0) is 23.0. The molecule has 2 aromatic heterocycles. The summed E-state index contributed by atoms with van der Waals surface area (Å²) in [6.07, 6.45) is 3.21. The molecule has 2 aromatic carbocycles. The number of hydrogen-bond acceptors (Lipinski definition) is 3. The topological polar surface area (TPSA) is 92.9 Å². The van der Waals surface area contributed by atoms with Crippen LogP contribution in [0.15, 0.2) is 47.4 Å². The molecule has 0 aliphatic carbocycles. The fraction of sp³-hybridized carbons (Fsp3) is 0.320. The lowest BCUT2D eigenvalue weighted by molar-refractivity contribution is -0.137. The Bertz CT molecular complexity index is 1430. The Hall–Kier alpha value is -3.79. The first-order valence-corrected chi connectivity index (χ1v) is 10.8. The van der Waals surface area contributed by atoms with E-state index in [1.807, 2.05) is 26.2 Å². The van der Waals surface area contributed by atoms with Gasteiger partial charge in [0.1, 0.15) is 0 Å². The van der Waals surface area contributed by atoms with Crippen molar-refractivity contribution < 1.29 is 9.90 Å². The van der Waals surface area contributed by atoms with Gasteiger partial charge in [0.15, 0.2) is 0 Å². The molecule has 0 saturated carbocycles. The minimum atomic E-state index is -0.947. The monoisotopic (exact) mass is 430 g/mol. The van der Waals surface area contributed by atoms with Crippen LogP contribution in [0.2, 0.25) is 0 Å². The third-order valence-electron chi connectivity index (χ3n) is 6.12. The summed E-state index contributed by atoms with van der Waals surface area (Å²) in [4.78, 5) is 25.2. The summed E-state index contributed by atoms with van der Waals surface area (Å²) in [7, 11) is 1.99. The van der Waals surface area contributed by atoms with Gasteiger partial charge in [-0.1, -0.05) is 25.5 Å². The van der Waals surface area contributed by atoms with Crippen LogP contribution in [-0.2, 0) is 18.4 Å². The van der Waals surface area contributed by atoms with Crippen molar-refractivity contribution in [2.24, 2.45) is 7.05 Å². The van der Waals surface area contributed by atoms with Crippen LogP contribution in [0, 0.1) is 18.3 Å². The average Bonchev–Trinajstić information content (AvgIpc) is 3.22. The molecule has 7 heteroatoms. The van der Waals surface area contributed by atoms with E-state index in [1.54, 1.807) is 27.3 Å². The van der Waals surface area contributed by atoms with Gasteiger partial charge >= 0.3 is 11.7 Å². The summed E-state index contributed by atoms with van der Waals surface area (Å²) in [5.74, 6) is -0.947. The lowest BCUT2D eigenvalue weighted by Crippen LogP contribution is -2.29. The number of benzene rings is 2. The molecule has 0 radical (unpaired) electrons. The number of fused-ring (bicyclic) bond motifs is 2. The van der Waals surface area contributed by atoms with Crippen molar-refractivity contribution in [2.45, 2.75) is 45.7 Å². The molecule has 2 heterocycles. The average molecular weight is 431 g/mol. The van der Waals surface area contributed by atoms with E-state index in [9.17, 15) is 20.0 Å². The van der Waals surface area contributed by atoms with Crippen molar-refractivity contribution in [3.63, 3.8) is 0 Å². The van der Waals surface area contributed by atoms with Crippen LogP contribution < -0.4 is 5.69 Å². The maximum atomic E-state index is 13.7. The first-order valence-electron chi connectivity index (χ1n) is 10.8. The van der Waals surface area contributed by atoms with Crippen LogP contribution in [0.5, 0.6) is 0 Å². The standard InChI is InChI=1S/C25H26N4O3/c1-4-6-19(12-23(30)31)29-22-11-17(13-26)9-10-20(22)28(25(29)32)15-18-14-27(3)21-8-5-7-16(2)24(18)21/h5,7-11,14,19H,4,6,12,15H2,1-3H3,(H,30,31)/t19-/m0/s1. The summed E-state index contributed by atoms with van der Waals surface area (Å²) in [5, 5.41) is 20.0. The maximum Gasteiger partial charge on any atom is 0.329 e. The van der Waals surface area contributed by atoms with Gasteiger partial charge in [-0.25, -0.2) is 4.79 Å². The van der Waals surface area contributed by atoms with Gasteiger partial charge in [-0.3, -0.25) is 13.9 Å². The lowest BCUT2D eigenvalue weighted by Gasteiger charge is -2.16. The molecule has 0 bridgehead atoms. The molecular formula is C25H26N4O3. The van der Waals surface area contributed by atoms with Gasteiger partial charge in [0, 0.05) is 30.2 Å². The minimum Gasteiger partial charge on any atom is -0.481 e. The fourth-order valence-corrected chi connectivity index (χ4v) is 4.74. The molecule has 1 atom stereocenters. The maximum absolute atomic E-state index is 13.7. The highest BCUT2D eigenvalue weighted by atomic mass is 16.4. The van der Waals surface area contributed by atoms with Crippen LogP contribution in [0.25, 0.3) is 21.9 Å². The van der Waals surface area contributed by atoms with Gasteiger partial charge < -0.3 is 9.67 Å². The summed E-state index contributed by atoms with van der Waals surface area (Å²) < 4.78 is 5.33. The molecule has 1 N–H and O–H groups in total. The largest absolute Gasteiger partial charge is 0.481 e. The van der Waals surface area contributed by atoms with E-state index in [-0.39, 0.29) is 12.1 Å². The molecule has 0 aliphatic heterocycles. The third-order valence-corrected chi connectivity index (χ3v) is 6.12. The molecule has 164 valence electrons. The molecule has 0 saturated heterocycles. The fourth-order valence-electron chi connectivity index (χ4n) is 4.74. The predicted octanol–water partition coefficient (Wildman–Crippen LogP) is 4.34. The number of nitrogens with zero attached hydrogens (tertiary/aromatic N) is 4. The molecule has 0 aliphatic rings. The van der Waals surface area contributed by atoms with Gasteiger partial charge in [-0.05, 0) is 48.7 Å². The highest BCUT2D eigenvalue weighted by molar-refractivity contribution is 5.87. The van der Waals surface area contributed by atoms with Crippen LogP contribution in [0.4, 0.5) is 0 Å². The Morgan fingerprint density at radius 1 is 1.19 bits per heavy atom. The van der Waals surface area contributed by atoms with E-state index in [1.165, 1.54) is 0 Å². The van der Waals surface area contributed by atoms with Crippen molar-refractivity contribution in [1.29, 1.82) is 5.26 Å². The summed E-state index contributed by atoms with van der Waals surface area (Å²) in [6, 6.07) is 13.0. The van der Waals surface area contributed by atoms with Gasteiger partial charge in [-0.15, -0.1) is 0 Å². The zero-order valence-corrected chi connectivity index (χ0v) is 18.5. The summed E-state index contributed by atoms with van der Waals surface area (Å²) in [5.41, 5.74) is 4.75. The SMILES string of the molecule is CCC[C@@H](CC(=O)O)n1c(=O)n(Cc2cn(C)c3cccc(C)c23)c2ccc(C#N)cc21. The van der Waals surface area contributed by atoms with Gasteiger partial charge in [0.2, 0.25) is 0 Å². The van der Waals surface area contributed by atoms with Crippen LogP contribution in [0.3, 0.4) is 0 Å². The number of aliphatic carboxylic acids is 1. The molecule has 0 amide bonds. The lowest BCUT2D eigenvalue weighted by atomic mass is 10.1. The van der Waals surface area contributed by atoms with E-state index >= 15 is 0 Å². The normalized spacial score (nSPS) is 12.3. The number of rotatable bonds is 7. The minimum absolute atomic E-state index is 0.142. The predicted molar refractivity (Wildman–Crippen MR) is 124 cm³/mol. The Labute approximate surface area is 185 Å². The number of carboxylic acid groups (broad SMARTS) is 1. The highest BCUT2D eigenvalue weighted by Crippen LogP contribution is 2.28. The van der Waals surface area contributed by atoms with Crippen molar-refractivity contribution in [3.05, 3.63) is 69.8 Å². The van der Waals surface area contributed by atoms with E-state index in [0.717, 1.165) is 28.5 Å². The Kier molecular flexibility index (Phi) is 5.62. The molecular weight excluding hydrogens is 404 g/mol. The molecule has 4 rings (SSSR count). The number of carbonyl (C=O) groups is 1. The molecule has 0 spiro atoms. The van der Waals surface area contributed by atoms with Gasteiger partial charge in [0.25, 0.3) is 0 Å². The van der Waals surface area contributed by atoms with E-state index in [2.05, 4.69) is 29.7 Å². The van der Waals surface area contributed by atoms with Crippen LogP contribution >= 0.6 is 0 Å². The zero-order valence-electron chi connectivity index (χ0n) is 18.5. The number of carboxylic acids is 1. The molecule has 32 heavy (non-hydrogen) atoms. The van der Waals surface area contributed by atoms with E-state index in [0.29, 0.717) is 29.6 Å². The Morgan fingerprint density at radius 3 is 2.66 bits per heavy atom. The Balaban J connectivity index is 1.95. The van der Waals surface area contributed by atoms with E-state index in [4.69, 9.17) is 0 Å². The summed E-state index contributed by atoms with van der Waals surface area (Å²) >= 11 is 0. The van der Waals surface area contributed by atoms with Crippen molar-refractivity contribution >= 4 is 27.9 Å². The molecule has 0 unspecified atom stereocenters. The third kappa shape index (κ3) is 3.58. The van der Waals surface area contributed by atoms with Crippen LogP contribution in [0.1, 0.15) is 48.9 Å². The van der Waals surface area contributed by atoms with Gasteiger partial charge in [-0.2, -0.15) is 5.26 Å². The Morgan fingerprint density at radius 2 is 1.97 bits per heavy atom. The van der Waals surface area contributed by atoms with Gasteiger partial charge in [0.05, 0.1) is 35.6 Å². The second kappa shape index (κ2) is 8.39. The quantitative estimate of drug-likeness (QED) is 0.472.